The van der Waals surface area contributed by atoms with Crippen LogP contribution in [0.4, 0.5) is 5.69 Å². The first kappa shape index (κ1) is 12.9. The Hall–Kier alpha value is -3.06. The highest BCUT2D eigenvalue weighted by Crippen LogP contribution is 2.22. The van der Waals surface area contributed by atoms with E-state index < -0.39 is 0 Å². The minimum Gasteiger partial charge on any atom is -0.361 e. The van der Waals surface area contributed by atoms with E-state index in [-0.39, 0.29) is 5.91 Å². The van der Waals surface area contributed by atoms with Crippen molar-refractivity contribution in [1.82, 2.24) is 4.98 Å². The van der Waals surface area contributed by atoms with Gasteiger partial charge in [-0.1, -0.05) is 12.1 Å². The molecule has 4 heteroatoms. The molecule has 0 aliphatic rings. The Kier molecular flexibility index (Phi) is 3.17. The first-order valence-corrected chi connectivity index (χ1v) is 6.55. The van der Waals surface area contributed by atoms with Crippen LogP contribution in [-0.4, -0.2) is 17.9 Å². The van der Waals surface area contributed by atoms with Crippen molar-refractivity contribution in [2.75, 3.05) is 11.9 Å². The van der Waals surface area contributed by atoms with Crippen LogP contribution in [0.15, 0.2) is 54.7 Å². The van der Waals surface area contributed by atoms with E-state index in [2.05, 4.69) is 11.1 Å². The summed E-state index contributed by atoms with van der Waals surface area (Å²) >= 11 is 0. The number of amides is 1. The van der Waals surface area contributed by atoms with Crippen LogP contribution < -0.4 is 4.90 Å². The van der Waals surface area contributed by atoms with Crippen molar-refractivity contribution >= 4 is 22.5 Å². The van der Waals surface area contributed by atoms with Gasteiger partial charge in [0.05, 0.1) is 11.6 Å². The SMILES string of the molecule is CN(C(=O)c1cccc2[nH]ccc12)c1cccc(C#N)c1. The fourth-order valence-electron chi connectivity index (χ4n) is 2.35. The molecule has 0 aliphatic carbocycles. The van der Waals surface area contributed by atoms with Gasteiger partial charge in [-0.15, -0.1) is 0 Å². The molecule has 4 nitrogen and oxygen atoms in total. The third-order valence-corrected chi connectivity index (χ3v) is 3.49. The molecule has 1 amide bonds. The summed E-state index contributed by atoms with van der Waals surface area (Å²) in [5.74, 6) is -0.102. The number of nitrogens with one attached hydrogen (secondary N) is 1. The number of aromatic nitrogens is 1. The molecule has 0 saturated carbocycles. The van der Waals surface area contributed by atoms with Gasteiger partial charge >= 0.3 is 0 Å². The molecule has 102 valence electrons. The van der Waals surface area contributed by atoms with Crippen molar-refractivity contribution in [3.05, 3.63) is 65.9 Å². The van der Waals surface area contributed by atoms with Crippen LogP contribution in [0.1, 0.15) is 15.9 Å². The second-order valence-electron chi connectivity index (χ2n) is 4.77. The summed E-state index contributed by atoms with van der Waals surface area (Å²) in [5.41, 5.74) is 2.80. The minimum absolute atomic E-state index is 0.102. The van der Waals surface area contributed by atoms with Gasteiger partial charge in [0.2, 0.25) is 0 Å². The number of rotatable bonds is 2. The fraction of sp³-hybridized carbons (Fsp3) is 0.0588. The summed E-state index contributed by atoms with van der Waals surface area (Å²) in [7, 11) is 1.71. The Morgan fingerprint density at radius 2 is 2.00 bits per heavy atom. The Morgan fingerprint density at radius 1 is 1.19 bits per heavy atom. The number of hydrogen-bond donors (Lipinski definition) is 1. The lowest BCUT2D eigenvalue weighted by molar-refractivity contribution is 0.0994. The maximum Gasteiger partial charge on any atom is 0.258 e. The number of anilines is 1. The number of nitriles is 1. The van der Waals surface area contributed by atoms with E-state index in [0.29, 0.717) is 16.8 Å². The number of H-pyrrole nitrogens is 1. The van der Waals surface area contributed by atoms with Crippen LogP contribution in [0.2, 0.25) is 0 Å². The van der Waals surface area contributed by atoms with Crippen LogP contribution in [-0.2, 0) is 0 Å². The van der Waals surface area contributed by atoms with Crippen molar-refractivity contribution in [3.8, 4) is 6.07 Å². The molecule has 0 aliphatic heterocycles. The van der Waals surface area contributed by atoms with Gasteiger partial charge in [0.25, 0.3) is 5.91 Å². The van der Waals surface area contributed by atoms with Gasteiger partial charge in [-0.05, 0) is 36.4 Å². The second-order valence-corrected chi connectivity index (χ2v) is 4.77. The van der Waals surface area contributed by atoms with Gasteiger partial charge in [-0.3, -0.25) is 4.79 Å². The third kappa shape index (κ3) is 2.26. The van der Waals surface area contributed by atoms with E-state index in [9.17, 15) is 4.79 Å². The molecule has 1 aromatic heterocycles. The van der Waals surface area contributed by atoms with Crippen LogP contribution >= 0.6 is 0 Å². The summed E-state index contributed by atoms with van der Waals surface area (Å²) in [4.78, 5) is 17.3. The highest BCUT2D eigenvalue weighted by atomic mass is 16.2. The minimum atomic E-state index is -0.102. The van der Waals surface area contributed by atoms with Gasteiger partial charge in [0, 0.05) is 35.4 Å². The molecule has 21 heavy (non-hydrogen) atoms. The summed E-state index contributed by atoms with van der Waals surface area (Å²) in [6.45, 7) is 0. The first-order chi connectivity index (χ1) is 10.2. The number of hydrogen-bond acceptors (Lipinski definition) is 2. The quantitative estimate of drug-likeness (QED) is 0.780. The molecular formula is C17H13N3O. The monoisotopic (exact) mass is 275 g/mol. The molecular weight excluding hydrogens is 262 g/mol. The molecule has 0 spiro atoms. The van der Waals surface area contributed by atoms with Crippen molar-refractivity contribution < 1.29 is 4.79 Å². The number of aromatic amines is 1. The molecule has 2 aromatic carbocycles. The van der Waals surface area contributed by atoms with Crippen molar-refractivity contribution in [2.45, 2.75) is 0 Å². The summed E-state index contributed by atoms with van der Waals surface area (Å²) in [6, 6.07) is 16.6. The predicted octanol–water partition coefficient (Wildman–Crippen LogP) is 3.32. The van der Waals surface area contributed by atoms with E-state index in [0.717, 1.165) is 10.9 Å². The van der Waals surface area contributed by atoms with Gasteiger partial charge in [-0.2, -0.15) is 5.26 Å². The molecule has 1 heterocycles. The third-order valence-electron chi connectivity index (χ3n) is 3.49. The average Bonchev–Trinajstić information content (AvgIpc) is 3.02. The van der Waals surface area contributed by atoms with E-state index in [1.54, 1.807) is 30.1 Å². The number of carbonyl (C=O) groups is 1. The van der Waals surface area contributed by atoms with Crippen LogP contribution in [0, 0.1) is 11.3 Å². The lowest BCUT2D eigenvalue weighted by Gasteiger charge is -2.18. The lowest BCUT2D eigenvalue weighted by Crippen LogP contribution is -2.26. The second kappa shape index (κ2) is 5.14. The van der Waals surface area contributed by atoms with Gasteiger partial charge in [-0.25, -0.2) is 0 Å². The molecule has 3 rings (SSSR count). The van der Waals surface area contributed by atoms with E-state index in [4.69, 9.17) is 5.26 Å². The fourth-order valence-corrected chi connectivity index (χ4v) is 2.35. The summed E-state index contributed by atoms with van der Waals surface area (Å²) in [6.07, 6.45) is 1.82. The molecule has 0 fully saturated rings. The maximum atomic E-state index is 12.7. The van der Waals surface area contributed by atoms with E-state index in [1.165, 1.54) is 0 Å². The van der Waals surface area contributed by atoms with Gasteiger partial charge in [0.15, 0.2) is 0 Å². The standard InChI is InChI=1S/C17H13N3O/c1-20(13-5-2-4-12(10-13)11-18)17(21)15-6-3-7-16-14(15)8-9-19-16/h2-10,19H,1H3. The number of carbonyl (C=O) groups excluding carboxylic acids is 1. The average molecular weight is 275 g/mol. The molecule has 3 aromatic rings. The number of nitrogens with zero attached hydrogens (tertiary/aromatic N) is 2. The number of fused-ring (bicyclic) bond motifs is 1. The Bertz CT molecular complexity index is 858. The summed E-state index contributed by atoms with van der Waals surface area (Å²) in [5, 5.41) is 9.85. The highest BCUT2D eigenvalue weighted by Gasteiger charge is 2.16. The molecule has 0 saturated heterocycles. The Balaban J connectivity index is 2.01. The lowest BCUT2D eigenvalue weighted by atomic mass is 10.1. The number of benzene rings is 2. The van der Waals surface area contributed by atoms with Crippen LogP contribution in [0.3, 0.4) is 0 Å². The van der Waals surface area contributed by atoms with Crippen molar-refractivity contribution in [1.29, 1.82) is 5.26 Å². The van der Waals surface area contributed by atoms with Crippen molar-refractivity contribution in [2.24, 2.45) is 0 Å². The highest BCUT2D eigenvalue weighted by molar-refractivity contribution is 6.13. The zero-order valence-corrected chi connectivity index (χ0v) is 11.5. The summed E-state index contributed by atoms with van der Waals surface area (Å²) < 4.78 is 0. The Labute approximate surface area is 122 Å². The molecule has 0 radical (unpaired) electrons. The molecule has 0 bridgehead atoms. The first-order valence-electron chi connectivity index (χ1n) is 6.55. The largest absolute Gasteiger partial charge is 0.361 e. The smallest absolute Gasteiger partial charge is 0.258 e. The normalized spacial score (nSPS) is 10.3. The van der Waals surface area contributed by atoms with E-state index in [1.807, 2.05) is 36.5 Å². The van der Waals surface area contributed by atoms with Gasteiger partial charge < -0.3 is 9.88 Å². The van der Waals surface area contributed by atoms with Crippen LogP contribution in [0.5, 0.6) is 0 Å². The zero-order chi connectivity index (χ0) is 14.8. The molecule has 0 unspecified atom stereocenters. The van der Waals surface area contributed by atoms with Gasteiger partial charge in [0.1, 0.15) is 0 Å². The van der Waals surface area contributed by atoms with Crippen LogP contribution in [0.25, 0.3) is 10.9 Å². The zero-order valence-electron chi connectivity index (χ0n) is 11.5. The maximum absolute atomic E-state index is 12.7. The topological polar surface area (TPSA) is 59.9 Å². The Morgan fingerprint density at radius 3 is 2.81 bits per heavy atom. The molecule has 1 N–H and O–H groups in total. The van der Waals surface area contributed by atoms with Crippen molar-refractivity contribution in [3.63, 3.8) is 0 Å². The predicted molar refractivity (Wildman–Crippen MR) is 82.2 cm³/mol. The molecule has 0 atom stereocenters. The van der Waals surface area contributed by atoms with E-state index >= 15 is 0 Å².